The summed E-state index contributed by atoms with van der Waals surface area (Å²) < 4.78 is 0. The second-order valence-electron chi connectivity index (χ2n) is 5.28. The zero-order valence-electron chi connectivity index (χ0n) is 10.5. The van der Waals surface area contributed by atoms with Crippen molar-refractivity contribution in [3.8, 4) is 0 Å². The fourth-order valence-electron chi connectivity index (χ4n) is 2.93. The fourth-order valence-corrected chi connectivity index (χ4v) is 2.93. The molecule has 0 radical (unpaired) electrons. The maximum atomic E-state index is 3.48. The molecular weight excluding hydrogens is 208 g/mol. The third-order valence-corrected chi connectivity index (χ3v) is 4.16. The van der Waals surface area contributed by atoms with Gasteiger partial charge in [0.25, 0.3) is 0 Å². The van der Waals surface area contributed by atoms with Gasteiger partial charge in [0.05, 0.1) is 0 Å². The summed E-state index contributed by atoms with van der Waals surface area (Å²) in [6.45, 7) is 4.65. The van der Waals surface area contributed by atoms with Crippen LogP contribution in [0.5, 0.6) is 0 Å². The molecule has 0 unspecified atom stereocenters. The van der Waals surface area contributed by atoms with Crippen molar-refractivity contribution in [1.29, 1.82) is 0 Å². The third-order valence-electron chi connectivity index (χ3n) is 4.16. The van der Waals surface area contributed by atoms with E-state index in [0.29, 0.717) is 0 Å². The van der Waals surface area contributed by atoms with Crippen LogP contribution in [0.25, 0.3) is 0 Å². The van der Waals surface area contributed by atoms with Gasteiger partial charge in [-0.3, -0.25) is 0 Å². The molecule has 3 rings (SSSR count). The zero-order chi connectivity index (χ0) is 11.5. The summed E-state index contributed by atoms with van der Waals surface area (Å²) in [4.78, 5) is 2.58. The summed E-state index contributed by atoms with van der Waals surface area (Å²) in [5, 5.41) is 3.48. The molecule has 1 aliphatic heterocycles. The first-order valence-electron chi connectivity index (χ1n) is 7.00. The van der Waals surface area contributed by atoms with Crippen LogP contribution in [0.2, 0.25) is 0 Å². The molecule has 0 aromatic heterocycles. The average molecular weight is 230 g/mol. The molecule has 17 heavy (non-hydrogen) atoms. The van der Waals surface area contributed by atoms with Crippen LogP contribution in [0.1, 0.15) is 37.2 Å². The van der Waals surface area contributed by atoms with Crippen molar-refractivity contribution in [3.63, 3.8) is 0 Å². The number of nitrogens with one attached hydrogen (secondary N) is 1. The van der Waals surface area contributed by atoms with E-state index in [9.17, 15) is 0 Å². The Morgan fingerprint density at radius 3 is 2.71 bits per heavy atom. The van der Waals surface area contributed by atoms with E-state index < -0.39 is 0 Å². The predicted octanol–water partition coefficient (Wildman–Crippen LogP) is 2.75. The summed E-state index contributed by atoms with van der Waals surface area (Å²) in [6, 6.07) is 9.06. The Kier molecular flexibility index (Phi) is 3.32. The molecule has 2 heteroatoms. The Bertz CT molecular complexity index is 363. The SMILES string of the molecule is c1ccc(N2CCCNCC2)c(C2CCC2)c1. The third kappa shape index (κ3) is 2.32. The monoisotopic (exact) mass is 230 g/mol. The lowest BCUT2D eigenvalue weighted by Gasteiger charge is -2.32. The normalized spacial score (nSPS) is 22.0. The molecule has 1 saturated heterocycles. The highest BCUT2D eigenvalue weighted by Crippen LogP contribution is 2.40. The number of hydrogen-bond acceptors (Lipinski definition) is 2. The van der Waals surface area contributed by atoms with Crippen LogP contribution in [0.15, 0.2) is 24.3 Å². The number of nitrogens with zero attached hydrogens (tertiary/aromatic N) is 1. The molecule has 92 valence electrons. The van der Waals surface area contributed by atoms with Crippen LogP contribution in [-0.2, 0) is 0 Å². The predicted molar refractivity (Wildman–Crippen MR) is 72.7 cm³/mol. The first-order chi connectivity index (χ1) is 8.45. The number of para-hydroxylation sites is 1. The molecule has 2 fully saturated rings. The van der Waals surface area contributed by atoms with Crippen LogP contribution in [0, 0.1) is 0 Å². The minimum Gasteiger partial charge on any atom is -0.370 e. The maximum absolute atomic E-state index is 3.48. The number of rotatable bonds is 2. The Hall–Kier alpha value is -1.02. The van der Waals surface area contributed by atoms with Gasteiger partial charge in [0, 0.05) is 25.3 Å². The van der Waals surface area contributed by atoms with Gasteiger partial charge < -0.3 is 10.2 Å². The molecule has 0 amide bonds. The minimum absolute atomic E-state index is 0.836. The molecule has 1 heterocycles. The van der Waals surface area contributed by atoms with Gasteiger partial charge in [-0.15, -0.1) is 0 Å². The van der Waals surface area contributed by atoms with Gasteiger partial charge in [0.15, 0.2) is 0 Å². The van der Waals surface area contributed by atoms with Crippen LogP contribution in [0.4, 0.5) is 5.69 Å². The Morgan fingerprint density at radius 2 is 1.88 bits per heavy atom. The summed E-state index contributed by atoms with van der Waals surface area (Å²) in [6.07, 6.45) is 5.46. The van der Waals surface area contributed by atoms with Crippen molar-refractivity contribution in [2.75, 3.05) is 31.1 Å². The molecule has 1 N–H and O–H groups in total. The minimum atomic E-state index is 0.836. The summed E-state index contributed by atoms with van der Waals surface area (Å²) in [5.74, 6) is 0.836. The van der Waals surface area contributed by atoms with E-state index in [1.165, 1.54) is 44.5 Å². The second-order valence-corrected chi connectivity index (χ2v) is 5.28. The van der Waals surface area contributed by atoms with Crippen molar-refractivity contribution in [1.82, 2.24) is 5.32 Å². The highest BCUT2D eigenvalue weighted by Gasteiger charge is 2.23. The summed E-state index contributed by atoms with van der Waals surface area (Å²) in [5.41, 5.74) is 3.10. The van der Waals surface area contributed by atoms with Crippen LogP contribution >= 0.6 is 0 Å². The molecular formula is C15H22N2. The first-order valence-corrected chi connectivity index (χ1v) is 7.00. The molecule has 2 nitrogen and oxygen atoms in total. The smallest absolute Gasteiger partial charge is 0.0402 e. The van der Waals surface area contributed by atoms with Crippen molar-refractivity contribution in [2.24, 2.45) is 0 Å². The lowest BCUT2D eigenvalue weighted by atomic mass is 9.79. The van der Waals surface area contributed by atoms with Crippen molar-refractivity contribution in [3.05, 3.63) is 29.8 Å². The van der Waals surface area contributed by atoms with E-state index in [4.69, 9.17) is 0 Å². The number of anilines is 1. The van der Waals surface area contributed by atoms with E-state index in [2.05, 4.69) is 34.5 Å². The molecule has 0 bridgehead atoms. The molecule has 0 atom stereocenters. The zero-order valence-corrected chi connectivity index (χ0v) is 10.5. The van der Waals surface area contributed by atoms with Crippen LogP contribution in [-0.4, -0.2) is 26.2 Å². The molecule has 1 aromatic carbocycles. The van der Waals surface area contributed by atoms with E-state index >= 15 is 0 Å². The van der Waals surface area contributed by atoms with Gasteiger partial charge in [-0.2, -0.15) is 0 Å². The highest BCUT2D eigenvalue weighted by atomic mass is 15.2. The average Bonchev–Trinajstić information content (AvgIpc) is 2.56. The number of hydrogen-bond donors (Lipinski definition) is 1. The first kappa shape index (κ1) is 11.1. The van der Waals surface area contributed by atoms with Crippen molar-refractivity contribution < 1.29 is 0 Å². The topological polar surface area (TPSA) is 15.3 Å². The quantitative estimate of drug-likeness (QED) is 0.840. The van der Waals surface area contributed by atoms with E-state index in [1.54, 1.807) is 5.56 Å². The van der Waals surface area contributed by atoms with E-state index in [-0.39, 0.29) is 0 Å². The van der Waals surface area contributed by atoms with Gasteiger partial charge in [0.1, 0.15) is 0 Å². The van der Waals surface area contributed by atoms with Gasteiger partial charge in [-0.1, -0.05) is 24.6 Å². The van der Waals surface area contributed by atoms with E-state index in [1.807, 2.05) is 0 Å². The largest absolute Gasteiger partial charge is 0.370 e. The molecule has 1 aromatic rings. The second kappa shape index (κ2) is 5.09. The summed E-state index contributed by atoms with van der Waals surface area (Å²) >= 11 is 0. The Morgan fingerprint density at radius 1 is 1.00 bits per heavy atom. The van der Waals surface area contributed by atoms with Crippen molar-refractivity contribution >= 4 is 5.69 Å². The lowest BCUT2D eigenvalue weighted by Crippen LogP contribution is -2.29. The molecule has 2 aliphatic rings. The highest BCUT2D eigenvalue weighted by molar-refractivity contribution is 5.55. The van der Waals surface area contributed by atoms with E-state index in [0.717, 1.165) is 19.0 Å². The Labute approximate surface area is 104 Å². The van der Waals surface area contributed by atoms with Gasteiger partial charge in [0.2, 0.25) is 0 Å². The number of benzene rings is 1. The van der Waals surface area contributed by atoms with Gasteiger partial charge in [-0.05, 0) is 43.4 Å². The van der Waals surface area contributed by atoms with Gasteiger partial charge >= 0.3 is 0 Å². The fraction of sp³-hybridized carbons (Fsp3) is 0.600. The van der Waals surface area contributed by atoms with Gasteiger partial charge in [-0.25, -0.2) is 0 Å². The summed E-state index contributed by atoms with van der Waals surface area (Å²) in [7, 11) is 0. The standard InChI is InChI=1S/C15H22N2/c1-2-8-15(14(7-1)13-5-3-6-13)17-11-4-9-16-10-12-17/h1-2,7-8,13,16H,3-6,9-12H2. The maximum Gasteiger partial charge on any atom is 0.0402 e. The van der Waals surface area contributed by atoms with Crippen LogP contribution in [0.3, 0.4) is 0 Å². The Balaban J connectivity index is 1.84. The molecule has 1 saturated carbocycles. The molecule has 0 spiro atoms. The van der Waals surface area contributed by atoms with Crippen LogP contribution < -0.4 is 10.2 Å². The molecule has 1 aliphatic carbocycles. The van der Waals surface area contributed by atoms with Crippen molar-refractivity contribution in [2.45, 2.75) is 31.6 Å². The lowest BCUT2D eigenvalue weighted by molar-refractivity contribution is 0.419.